The Morgan fingerprint density at radius 1 is 1.57 bits per heavy atom. The van der Waals surface area contributed by atoms with Crippen molar-refractivity contribution in [2.45, 2.75) is 57.7 Å². The van der Waals surface area contributed by atoms with E-state index in [9.17, 15) is 10.1 Å². The number of carbonyl (C=O) groups excluding carboxylic acids is 1. The van der Waals surface area contributed by atoms with Crippen LogP contribution < -0.4 is 10.6 Å². The van der Waals surface area contributed by atoms with Crippen LogP contribution in [-0.4, -0.2) is 33.8 Å². The van der Waals surface area contributed by atoms with Gasteiger partial charge in [-0.1, -0.05) is 0 Å². The van der Waals surface area contributed by atoms with Crippen LogP contribution in [0.3, 0.4) is 0 Å². The smallest absolute Gasteiger partial charge is 0.235 e. The number of nitrogens with zero attached hydrogens (tertiary/aromatic N) is 3. The molecule has 6 nitrogen and oxygen atoms in total. The summed E-state index contributed by atoms with van der Waals surface area (Å²) in [6.07, 6.45) is 7.33. The van der Waals surface area contributed by atoms with Gasteiger partial charge in [0.25, 0.3) is 0 Å². The molecule has 0 bridgehead atoms. The Labute approximate surface area is 125 Å². The lowest BCUT2D eigenvalue weighted by Crippen LogP contribution is -2.49. The van der Waals surface area contributed by atoms with Crippen LogP contribution in [0.25, 0.3) is 0 Å². The molecule has 2 rings (SSSR count). The van der Waals surface area contributed by atoms with Gasteiger partial charge < -0.3 is 10.6 Å². The van der Waals surface area contributed by atoms with E-state index in [0.29, 0.717) is 6.54 Å². The van der Waals surface area contributed by atoms with Crippen molar-refractivity contribution in [3.63, 3.8) is 0 Å². The summed E-state index contributed by atoms with van der Waals surface area (Å²) in [7, 11) is 0. The van der Waals surface area contributed by atoms with E-state index in [1.807, 2.05) is 30.9 Å². The fourth-order valence-corrected chi connectivity index (χ4v) is 2.73. The third-order valence-electron chi connectivity index (χ3n) is 3.88. The highest BCUT2D eigenvalue weighted by Gasteiger charge is 2.35. The first-order valence-corrected chi connectivity index (χ1v) is 7.48. The number of nitriles is 1. The van der Waals surface area contributed by atoms with Crippen molar-refractivity contribution < 1.29 is 4.79 Å². The van der Waals surface area contributed by atoms with E-state index >= 15 is 0 Å². The zero-order valence-electron chi connectivity index (χ0n) is 12.7. The fraction of sp³-hybridized carbons (Fsp3) is 0.667. The molecule has 0 radical (unpaired) electrons. The van der Waals surface area contributed by atoms with Crippen molar-refractivity contribution in [1.82, 2.24) is 20.4 Å². The molecule has 0 saturated heterocycles. The molecule has 0 spiro atoms. The third kappa shape index (κ3) is 4.30. The number of aromatic nitrogens is 2. The predicted molar refractivity (Wildman–Crippen MR) is 79.4 cm³/mol. The molecule has 1 aliphatic rings. The molecule has 1 fully saturated rings. The summed E-state index contributed by atoms with van der Waals surface area (Å²) in [5.74, 6) is -0.109. The molecule has 0 aliphatic heterocycles. The summed E-state index contributed by atoms with van der Waals surface area (Å²) in [6, 6.07) is 2.40. The normalized spacial score (nSPS) is 18.1. The summed E-state index contributed by atoms with van der Waals surface area (Å²) < 4.78 is 1.86. The molecule has 1 aromatic heterocycles. The maximum atomic E-state index is 12.0. The number of rotatable bonds is 6. The average Bonchev–Trinajstić information content (AvgIpc) is 3.07. The van der Waals surface area contributed by atoms with Crippen LogP contribution in [0.1, 0.15) is 38.2 Å². The Bertz CT molecular complexity index is 524. The van der Waals surface area contributed by atoms with Crippen LogP contribution in [0, 0.1) is 18.3 Å². The Kier molecular flexibility index (Phi) is 4.97. The SMILES string of the molecule is Cc1cnn(C[C@H](C)NCC(=O)NC2(C#N)CCCC2)c1. The molecule has 2 N–H and O–H groups in total. The van der Waals surface area contributed by atoms with E-state index in [-0.39, 0.29) is 18.5 Å². The lowest BCUT2D eigenvalue weighted by Gasteiger charge is -2.22. The van der Waals surface area contributed by atoms with Crippen LogP contribution in [0.4, 0.5) is 0 Å². The topological polar surface area (TPSA) is 82.7 Å². The lowest BCUT2D eigenvalue weighted by atomic mass is 10.00. The molecule has 1 aromatic rings. The Morgan fingerprint density at radius 3 is 2.86 bits per heavy atom. The molecular weight excluding hydrogens is 266 g/mol. The Hall–Kier alpha value is -1.87. The summed E-state index contributed by atoms with van der Waals surface area (Å²) in [5.41, 5.74) is 0.485. The van der Waals surface area contributed by atoms with E-state index in [2.05, 4.69) is 21.8 Å². The number of hydrogen-bond donors (Lipinski definition) is 2. The quantitative estimate of drug-likeness (QED) is 0.822. The minimum Gasteiger partial charge on any atom is -0.337 e. The highest BCUT2D eigenvalue weighted by Crippen LogP contribution is 2.28. The van der Waals surface area contributed by atoms with Gasteiger partial charge in [0.2, 0.25) is 5.91 Å². The van der Waals surface area contributed by atoms with Gasteiger partial charge in [-0.15, -0.1) is 0 Å². The number of aryl methyl sites for hydroxylation is 1. The number of hydrogen-bond acceptors (Lipinski definition) is 4. The highest BCUT2D eigenvalue weighted by molar-refractivity contribution is 5.79. The van der Waals surface area contributed by atoms with Gasteiger partial charge >= 0.3 is 0 Å². The van der Waals surface area contributed by atoms with Crippen molar-refractivity contribution in [3.05, 3.63) is 18.0 Å². The van der Waals surface area contributed by atoms with Crippen molar-refractivity contribution in [1.29, 1.82) is 5.26 Å². The van der Waals surface area contributed by atoms with Crippen molar-refractivity contribution in [2.75, 3.05) is 6.54 Å². The molecule has 1 saturated carbocycles. The lowest BCUT2D eigenvalue weighted by molar-refractivity contribution is -0.121. The summed E-state index contributed by atoms with van der Waals surface area (Å²) in [4.78, 5) is 12.0. The van der Waals surface area contributed by atoms with Gasteiger partial charge in [-0.2, -0.15) is 10.4 Å². The second-order valence-electron chi connectivity index (χ2n) is 5.97. The zero-order valence-corrected chi connectivity index (χ0v) is 12.7. The third-order valence-corrected chi connectivity index (χ3v) is 3.88. The first kappa shape index (κ1) is 15.5. The summed E-state index contributed by atoms with van der Waals surface area (Å²) in [6.45, 7) is 4.95. The minimum absolute atomic E-state index is 0.109. The van der Waals surface area contributed by atoms with Gasteiger partial charge in [-0.05, 0) is 45.1 Å². The van der Waals surface area contributed by atoms with Gasteiger partial charge in [0.15, 0.2) is 0 Å². The summed E-state index contributed by atoms with van der Waals surface area (Å²) >= 11 is 0. The molecule has 1 aliphatic carbocycles. The second-order valence-corrected chi connectivity index (χ2v) is 5.97. The van der Waals surface area contributed by atoms with Crippen LogP contribution in [-0.2, 0) is 11.3 Å². The Balaban J connectivity index is 1.74. The van der Waals surface area contributed by atoms with Crippen LogP contribution in [0.15, 0.2) is 12.4 Å². The maximum absolute atomic E-state index is 12.0. The first-order valence-electron chi connectivity index (χ1n) is 7.48. The van der Waals surface area contributed by atoms with Crippen LogP contribution in [0.2, 0.25) is 0 Å². The molecule has 0 unspecified atom stereocenters. The monoisotopic (exact) mass is 289 g/mol. The molecule has 6 heteroatoms. The highest BCUT2D eigenvalue weighted by atomic mass is 16.2. The molecule has 1 atom stereocenters. The van der Waals surface area contributed by atoms with Gasteiger partial charge in [-0.3, -0.25) is 9.48 Å². The Morgan fingerprint density at radius 2 is 2.29 bits per heavy atom. The minimum atomic E-state index is -0.638. The molecule has 1 heterocycles. The van der Waals surface area contributed by atoms with Gasteiger partial charge in [-0.25, -0.2) is 0 Å². The van der Waals surface area contributed by atoms with Crippen molar-refractivity contribution in [2.24, 2.45) is 0 Å². The zero-order chi connectivity index (χ0) is 15.3. The van der Waals surface area contributed by atoms with Gasteiger partial charge in [0.1, 0.15) is 5.54 Å². The van der Waals surface area contributed by atoms with Crippen molar-refractivity contribution >= 4 is 5.91 Å². The molecule has 21 heavy (non-hydrogen) atoms. The van der Waals surface area contributed by atoms with E-state index in [1.165, 1.54) is 0 Å². The van der Waals surface area contributed by atoms with Gasteiger partial charge in [0.05, 0.1) is 25.4 Å². The number of nitrogens with one attached hydrogen (secondary N) is 2. The van der Waals surface area contributed by atoms with Crippen molar-refractivity contribution in [3.8, 4) is 6.07 Å². The molecule has 0 aromatic carbocycles. The number of amides is 1. The number of carbonyl (C=O) groups is 1. The maximum Gasteiger partial charge on any atom is 0.235 e. The molecule has 114 valence electrons. The fourth-order valence-electron chi connectivity index (χ4n) is 2.73. The molecular formula is C15H23N5O. The largest absolute Gasteiger partial charge is 0.337 e. The predicted octanol–water partition coefficient (Wildman–Crippen LogP) is 1.12. The second kappa shape index (κ2) is 6.72. The van der Waals surface area contributed by atoms with E-state index in [0.717, 1.165) is 31.2 Å². The average molecular weight is 289 g/mol. The summed E-state index contributed by atoms with van der Waals surface area (Å²) in [5, 5.41) is 19.5. The van der Waals surface area contributed by atoms with E-state index in [1.54, 1.807) is 0 Å². The van der Waals surface area contributed by atoms with E-state index < -0.39 is 5.54 Å². The first-order chi connectivity index (χ1) is 10.0. The standard InChI is InChI=1S/C15H23N5O/c1-12-7-18-20(9-12)10-13(2)17-8-14(21)19-15(11-16)5-3-4-6-15/h7,9,13,17H,3-6,8,10H2,1-2H3,(H,19,21)/t13-/m0/s1. The van der Waals surface area contributed by atoms with Crippen LogP contribution >= 0.6 is 0 Å². The van der Waals surface area contributed by atoms with E-state index in [4.69, 9.17) is 0 Å². The van der Waals surface area contributed by atoms with Crippen LogP contribution in [0.5, 0.6) is 0 Å². The molecule has 1 amide bonds. The van der Waals surface area contributed by atoms with Gasteiger partial charge in [0, 0.05) is 12.2 Å².